The molecular formula is C23H28NO3+. The fourth-order valence-corrected chi connectivity index (χ4v) is 4.83. The number of methoxy groups -OCH3 is 2. The molecule has 4 heteroatoms. The Kier molecular flexibility index (Phi) is 5.17. The minimum atomic E-state index is 0.111. The van der Waals surface area contributed by atoms with Gasteiger partial charge in [-0.25, -0.2) is 0 Å². The monoisotopic (exact) mass is 366 g/mol. The van der Waals surface area contributed by atoms with Crippen molar-refractivity contribution in [3.63, 3.8) is 0 Å². The topological polar surface area (TPSA) is 52.1 Å². The Morgan fingerprint density at radius 2 is 1.15 bits per heavy atom. The molecule has 2 aromatic carbocycles. The predicted molar refractivity (Wildman–Crippen MR) is 104 cm³/mol. The summed E-state index contributed by atoms with van der Waals surface area (Å²) in [7, 11) is 3.36. The summed E-state index contributed by atoms with van der Waals surface area (Å²) in [5.74, 6) is 2.38. The molecule has 0 amide bonds. The average Bonchev–Trinajstić information content (AvgIpc) is 2.84. The van der Waals surface area contributed by atoms with Crippen LogP contribution in [0.1, 0.15) is 48.9 Å². The number of quaternary nitrogens is 1. The minimum absolute atomic E-state index is 0.111. The van der Waals surface area contributed by atoms with Gasteiger partial charge in [0.25, 0.3) is 0 Å². The third-order valence-electron chi connectivity index (χ3n) is 6.29. The first kappa shape index (κ1) is 18.1. The van der Waals surface area contributed by atoms with Gasteiger partial charge in [-0.1, -0.05) is 12.8 Å². The van der Waals surface area contributed by atoms with Crippen LogP contribution in [0.3, 0.4) is 0 Å². The summed E-state index contributed by atoms with van der Waals surface area (Å²) in [6, 6.07) is 16.8. The van der Waals surface area contributed by atoms with Crippen molar-refractivity contribution < 1.29 is 19.6 Å². The van der Waals surface area contributed by atoms with E-state index in [0.717, 1.165) is 37.2 Å². The van der Waals surface area contributed by atoms with Gasteiger partial charge in [0.15, 0.2) is 5.78 Å². The van der Waals surface area contributed by atoms with Crippen LogP contribution in [-0.2, 0) is 4.79 Å². The number of benzene rings is 2. The van der Waals surface area contributed by atoms with Gasteiger partial charge in [-0.3, -0.25) is 4.79 Å². The second-order valence-corrected chi connectivity index (χ2v) is 7.69. The van der Waals surface area contributed by atoms with Crippen molar-refractivity contribution in [3.05, 3.63) is 59.7 Å². The standard InChI is InChI=1S/C23H27NO3/c1-26-17-11-7-15(8-12-17)21-19-5-3-4-6-20(23(19)25)22(24-21)16-9-13-18(27-2)14-10-16/h7-14,19-22,24H,3-6H2,1-2H3/p+1/t19-,20+,21+,22-. The van der Waals surface area contributed by atoms with E-state index >= 15 is 0 Å². The van der Waals surface area contributed by atoms with Crippen LogP contribution in [0, 0.1) is 11.8 Å². The van der Waals surface area contributed by atoms with Gasteiger partial charge in [0.2, 0.25) is 0 Å². The largest absolute Gasteiger partial charge is 0.497 e. The number of carbonyl (C=O) groups excluding carboxylic acids is 1. The summed E-state index contributed by atoms with van der Waals surface area (Å²) < 4.78 is 10.6. The highest BCUT2D eigenvalue weighted by Gasteiger charge is 2.48. The van der Waals surface area contributed by atoms with Crippen LogP contribution in [-0.4, -0.2) is 20.0 Å². The average molecular weight is 366 g/mol. The lowest BCUT2D eigenvalue weighted by Gasteiger charge is -2.37. The summed E-state index contributed by atoms with van der Waals surface area (Å²) >= 11 is 0. The van der Waals surface area contributed by atoms with Gasteiger partial charge in [0.05, 0.1) is 26.1 Å². The highest BCUT2D eigenvalue weighted by atomic mass is 16.5. The van der Waals surface area contributed by atoms with Crippen molar-refractivity contribution in [2.75, 3.05) is 14.2 Å². The van der Waals surface area contributed by atoms with Crippen LogP contribution >= 0.6 is 0 Å². The number of ether oxygens (including phenoxy) is 2. The summed E-state index contributed by atoms with van der Waals surface area (Å²) in [6.07, 6.45) is 4.28. The van der Waals surface area contributed by atoms with Crippen molar-refractivity contribution in [1.82, 2.24) is 0 Å². The number of hydrogen-bond donors (Lipinski definition) is 1. The number of nitrogens with two attached hydrogens (primary N) is 1. The van der Waals surface area contributed by atoms with E-state index in [1.54, 1.807) is 14.2 Å². The van der Waals surface area contributed by atoms with Gasteiger partial charge in [-0.2, -0.15) is 0 Å². The lowest BCUT2D eigenvalue weighted by molar-refractivity contribution is -0.749. The van der Waals surface area contributed by atoms with E-state index in [1.165, 1.54) is 11.1 Å². The number of carbonyl (C=O) groups is 1. The fourth-order valence-electron chi connectivity index (χ4n) is 4.83. The van der Waals surface area contributed by atoms with Crippen molar-refractivity contribution in [1.29, 1.82) is 0 Å². The zero-order chi connectivity index (χ0) is 18.8. The normalized spacial score (nSPS) is 27.7. The molecule has 2 aromatic rings. The van der Waals surface area contributed by atoms with E-state index in [-0.39, 0.29) is 23.9 Å². The lowest BCUT2D eigenvalue weighted by atomic mass is 9.74. The Hall–Kier alpha value is -2.33. The molecule has 2 bridgehead atoms. The van der Waals surface area contributed by atoms with Gasteiger partial charge < -0.3 is 14.8 Å². The molecule has 1 heterocycles. The van der Waals surface area contributed by atoms with E-state index in [9.17, 15) is 4.79 Å². The second kappa shape index (κ2) is 7.73. The minimum Gasteiger partial charge on any atom is -0.497 e. The molecule has 4 nitrogen and oxygen atoms in total. The molecule has 4 atom stereocenters. The van der Waals surface area contributed by atoms with Gasteiger partial charge in [-0.05, 0) is 61.4 Å². The molecule has 4 rings (SSSR count). The molecule has 1 aliphatic carbocycles. The van der Waals surface area contributed by atoms with Gasteiger partial charge in [-0.15, -0.1) is 0 Å². The van der Waals surface area contributed by atoms with Crippen molar-refractivity contribution >= 4 is 5.78 Å². The highest BCUT2D eigenvalue weighted by Crippen LogP contribution is 2.40. The number of hydrogen-bond acceptors (Lipinski definition) is 3. The van der Waals surface area contributed by atoms with Crippen molar-refractivity contribution in [2.24, 2.45) is 11.8 Å². The molecule has 0 spiro atoms. The zero-order valence-corrected chi connectivity index (χ0v) is 16.1. The maximum absolute atomic E-state index is 13.4. The predicted octanol–water partition coefficient (Wildman–Crippen LogP) is 3.44. The highest BCUT2D eigenvalue weighted by molar-refractivity contribution is 5.85. The Balaban J connectivity index is 1.69. The molecule has 2 aliphatic rings. The summed E-state index contributed by atoms with van der Waals surface area (Å²) in [5.41, 5.74) is 2.43. The first-order valence-corrected chi connectivity index (χ1v) is 9.88. The molecule has 1 saturated carbocycles. The Labute approximate surface area is 160 Å². The van der Waals surface area contributed by atoms with E-state index in [2.05, 4.69) is 29.6 Å². The van der Waals surface area contributed by atoms with Crippen LogP contribution in [0.4, 0.5) is 0 Å². The van der Waals surface area contributed by atoms with Gasteiger partial charge in [0.1, 0.15) is 23.6 Å². The van der Waals surface area contributed by atoms with Crippen molar-refractivity contribution in [3.8, 4) is 11.5 Å². The van der Waals surface area contributed by atoms with E-state index in [4.69, 9.17) is 9.47 Å². The maximum atomic E-state index is 13.4. The summed E-state index contributed by atoms with van der Waals surface area (Å²) in [5, 5.41) is 2.44. The third-order valence-corrected chi connectivity index (χ3v) is 6.29. The lowest BCUT2D eigenvalue weighted by Crippen LogP contribution is -2.91. The third kappa shape index (κ3) is 3.46. The Morgan fingerprint density at radius 1 is 0.741 bits per heavy atom. The van der Waals surface area contributed by atoms with E-state index < -0.39 is 0 Å². The molecule has 1 aliphatic heterocycles. The Bertz CT molecular complexity index is 719. The molecule has 1 saturated heterocycles. The molecule has 2 N–H and O–H groups in total. The van der Waals surface area contributed by atoms with Crippen LogP contribution in [0.25, 0.3) is 0 Å². The van der Waals surface area contributed by atoms with E-state index in [1.807, 2.05) is 24.3 Å². The number of fused-ring (bicyclic) bond motifs is 2. The summed E-state index contributed by atoms with van der Waals surface area (Å²) in [4.78, 5) is 13.4. The van der Waals surface area contributed by atoms with Crippen LogP contribution in [0.15, 0.2) is 48.5 Å². The number of ketones is 1. The zero-order valence-electron chi connectivity index (χ0n) is 16.1. The number of rotatable bonds is 4. The van der Waals surface area contributed by atoms with Crippen LogP contribution in [0.5, 0.6) is 11.5 Å². The number of Topliss-reactive ketones (excluding diaryl/α,β-unsaturated/α-hetero) is 1. The molecule has 0 radical (unpaired) electrons. The molecule has 27 heavy (non-hydrogen) atoms. The smallest absolute Gasteiger partial charge is 0.151 e. The molecule has 0 aromatic heterocycles. The first-order valence-electron chi connectivity index (χ1n) is 9.88. The van der Waals surface area contributed by atoms with E-state index in [0.29, 0.717) is 5.78 Å². The molecule has 142 valence electrons. The Morgan fingerprint density at radius 3 is 1.52 bits per heavy atom. The number of piperidine rings is 1. The molecular weight excluding hydrogens is 338 g/mol. The van der Waals surface area contributed by atoms with Crippen LogP contribution < -0.4 is 14.8 Å². The van der Waals surface area contributed by atoms with Crippen LogP contribution in [0.2, 0.25) is 0 Å². The van der Waals surface area contributed by atoms with Crippen molar-refractivity contribution in [2.45, 2.75) is 37.8 Å². The van der Waals surface area contributed by atoms with Gasteiger partial charge in [0, 0.05) is 11.1 Å². The van der Waals surface area contributed by atoms with Gasteiger partial charge >= 0.3 is 0 Å². The molecule has 2 fully saturated rings. The fraction of sp³-hybridized carbons (Fsp3) is 0.435. The molecule has 0 unspecified atom stereocenters. The quantitative estimate of drug-likeness (QED) is 0.902. The summed E-state index contributed by atoms with van der Waals surface area (Å²) in [6.45, 7) is 0. The first-order chi connectivity index (χ1) is 13.2. The maximum Gasteiger partial charge on any atom is 0.151 e. The second-order valence-electron chi connectivity index (χ2n) is 7.69. The SMILES string of the molecule is COc1ccc([C@H]2[NH2+][C@@H](c3ccc(OC)cc3)[C@H]3CCCC[C@@H]2C3=O)cc1.